The molecule has 0 saturated heterocycles. The van der Waals surface area contributed by atoms with Crippen LogP contribution in [-0.2, 0) is 6.42 Å². The number of nitrogens with one attached hydrogen (secondary N) is 1. The molecule has 2 heteroatoms. The van der Waals surface area contributed by atoms with E-state index in [9.17, 15) is 4.39 Å². The van der Waals surface area contributed by atoms with Crippen LogP contribution in [0.15, 0.2) is 12.1 Å². The first-order valence-electron chi connectivity index (χ1n) is 7.57. The Morgan fingerprint density at radius 1 is 1.11 bits per heavy atom. The first-order valence-corrected chi connectivity index (χ1v) is 7.57. The van der Waals surface area contributed by atoms with E-state index in [4.69, 9.17) is 0 Å². The molecular formula is C17H28FN. The van der Waals surface area contributed by atoms with Crippen molar-refractivity contribution in [2.45, 2.75) is 65.8 Å². The van der Waals surface area contributed by atoms with Gasteiger partial charge in [-0.05, 0) is 68.8 Å². The molecule has 19 heavy (non-hydrogen) atoms. The number of aryl methyl sites for hydroxylation is 2. The van der Waals surface area contributed by atoms with Crippen LogP contribution in [0.2, 0.25) is 0 Å². The molecule has 0 amide bonds. The van der Waals surface area contributed by atoms with Crippen molar-refractivity contribution < 1.29 is 4.39 Å². The summed E-state index contributed by atoms with van der Waals surface area (Å²) in [6, 6.07) is 4.24. The lowest BCUT2D eigenvalue weighted by Crippen LogP contribution is -2.30. The summed E-state index contributed by atoms with van der Waals surface area (Å²) < 4.78 is 14.0. The number of hydrogen-bond acceptors (Lipinski definition) is 1. The van der Waals surface area contributed by atoms with Crippen molar-refractivity contribution >= 4 is 0 Å². The van der Waals surface area contributed by atoms with Crippen LogP contribution in [0.5, 0.6) is 0 Å². The maximum absolute atomic E-state index is 14.0. The van der Waals surface area contributed by atoms with E-state index in [-0.39, 0.29) is 5.82 Å². The molecular weight excluding hydrogens is 237 g/mol. The molecule has 0 aliphatic rings. The van der Waals surface area contributed by atoms with Crippen molar-refractivity contribution in [3.63, 3.8) is 0 Å². The average Bonchev–Trinajstić information content (AvgIpc) is 2.34. The van der Waals surface area contributed by atoms with Crippen LogP contribution in [-0.4, -0.2) is 12.6 Å². The van der Waals surface area contributed by atoms with E-state index in [1.54, 1.807) is 6.07 Å². The van der Waals surface area contributed by atoms with E-state index in [1.807, 2.05) is 13.8 Å². The molecule has 1 aromatic carbocycles. The lowest BCUT2D eigenvalue weighted by atomic mass is 9.97. The Morgan fingerprint density at radius 3 is 2.42 bits per heavy atom. The Bertz CT molecular complexity index is 364. The first kappa shape index (κ1) is 16.2. The fourth-order valence-corrected chi connectivity index (χ4v) is 2.63. The van der Waals surface area contributed by atoms with E-state index in [0.29, 0.717) is 6.04 Å². The van der Waals surface area contributed by atoms with Gasteiger partial charge in [0.2, 0.25) is 0 Å². The summed E-state index contributed by atoms with van der Waals surface area (Å²) in [5.74, 6) is -0.0387. The molecule has 0 fully saturated rings. The fourth-order valence-electron chi connectivity index (χ4n) is 2.63. The minimum atomic E-state index is -0.0387. The van der Waals surface area contributed by atoms with Crippen LogP contribution in [0.1, 0.15) is 56.2 Å². The zero-order valence-corrected chi connectivity index (χ0v) is 12.9. The molecule has 0 radical (unpaired) electrons. The number of halogens is 1. The molecule has 0 bridgehead atoms. The second-order valence-electron chi connectivity index (χ2n) is 5.52. The first-order chi connectivity index (χ1) is 9.08. The molecule has 108 valence electrons. The topological polar surface area (TPSA) is 12.0 Å². The summed E-state index contributed by atoms with van der Waals surface area (Å²) >= 11 is 0. The summed E-state index contributed by atoms with van der Waals surface area (Å²) in [4.78, 5) is 0. The van der Waals surface area contributed by atoms with Gasteiger partial charge in [0.25, 0.3) is 0 Å². The highest BCUT2D eigenvalue weighted by atomic mass is 19.1. The van der Waals surface area contributed by atoms with Gasteiger partial charge in [-0.25, -0.2) is 4.39 Å². The lowest BCUT2D eigenvalue weighted by molar-refractivity contribution is 0.445. The van der Waals surface area contributed by atoms with Crippen molar-refractivity contribution in [1.82, 2.24) is 5.32 Å². The Morgan fingerprint density at radius 2 is 1.84 bits per heavy atom. The van der Waals surface area contributed by atoms with Gasteiger partial charge in [-0.1, -0.05) is 26.3 Å². The molecule has 0 aromatic heterocycles. The zero-order valence-electron chi connectivity index (χ0n) is 12.9. The maximum Gasteiger partial charge on any atom is 0.126 e. The molecule has 0 spiro atoms. The van der Waals surface area contributed by atoms with Gasteiger partial charge in [-0.3, -0.25) is 0 Å². The summed E-state index contributed by atoms with van der Waals surface area (Å²) in [7, 11) is 0. The molecule has 1 rings (SSSR count). The van der Waals surface area contributed by atoms with Gasteiger partial charge >= 0.3 is 0 Å². The van der Waals surface area contributed by atoms with Gasteiger partial charge in [-0.15, -0.1) is 0 Å². The summed E-state index contributed by atoms with van der Waals surface area (Å²) in [6.07, 6.45) is 5.36. The predicted octanol–water partition coefficient (Wildman–Crippen LogP) is 4.54. The van der Waals surface area contributed by atoms with E-state index in [0.717, 1.165) is 42.5 Å². The second-order valence-corrected chi connectivity index (χ2v) is 5.52. The zero-order chi connectivity index (χ0) is 14.3. The molecule has 0 aliphatic heterocycles. The van der Waals surface area contributed by atoms with Crippen LogP contribution in [0.3, 0.4) is 0 Å². The number of hydrogen-bond donors (Lipinski definition) is 1. The van der Waals surface area contributed by atoms with Gasteiger partial charge < -0.3 is 5.32 Å². The molecule has 1 atom stereocenters. The van der Waals surface area contributed by atoms with E-state index in [2.05, 4.69) is 25.2 Å². The third-order valence-electron chi connectivity index (χ3n) is 3.63. The minimum absolute atomic E-state index is 0.0387. The SMILES string of the molecule is CCCNC(CCC)CCc1c(C)cc(C)cc1F. The minimum Gasteiger partial charge on any atom is -0.314 e. The molecule has 1 N–H and O–H groups in total. The molecule has 1 aromatic rings. The molecule has 1 nitrogen and oxygen atoms in total. The Hall–Kier alpha value is -0.890. The van der Waals surface area contributed by atoms with Crippen LogP contribution in [0.4, 0.5) is 4.39 Å². The highest BCUT2D eigenvalue weighted by Crippen LogP contribution is 2.18. The third-order valence-corrected chi connectivity index (χ3v) is 3.63. The van der Waals surface area contributed by atoms with Crippen molar-refractivity contribution in [3.05, 3.63) is 34.6 Å². The van der Waals surface area contributed by atoms with Crippen LogP contribution >= 0.6 is 0 Å². The summed E-state index contributed by atoms with van der Waals surface area (Å²) in [6.45, 7) is 9.40. The van der Waals surface area contributed by atoms with Gasteiger partial charge in [-0.2, -0.15) is 0 Å². The van der Waals surface area contributed by atoms with E-state index in [1.165, 1.54) is 12.8 Å². The third kappa shape index (κ3) is 5.32. The molecule has 0 heterocycles. The van der Waals surface area contributed by atoms with Gasteiger partial charge in [0.15, 0.2) is 0 Å². The van der Waals surface area contributed by atoms with Crippen molar-refractivity contribution in [2.24, 2.45) is 0 Å². The smallest absolute Gasteiger partial charge is 0.126 e. The second kappa shape index (κ2) is 8.31. The van der Waals surface area contributed by atoms with E-state index >= 15 is 0 Å². The largest absolute Gasteiger partial charge is 0.314 e. The Labute approximate surface area is 117 Å². The molecule has 1 unspecified atom stereocenters. The van der Waals surface area contributed by atoms with Gasteiger partial charge in [0.1, 0.15) is 5.82 Å². The van der Waals surface area contributed by atoms with Gasteiger partial charge in [0, 0.05) is 6.04 Å². The maximum atomic E-state index is 14.0. The van der Waals surface area contributed by atoms with Crippen molar-refractivity contribution in [3.8, 4) is 0 Å². The van der Waals surface area contributed by atoms with Crippen molar-refractivity contribution in [1.29, 1.82) is 0 Å². The molecule has 0 saturated carbocycles. The predicted molar refractivity (Wildman–Crippen MR) is 81.2 cm³/mol. The Balaban J connectivity index is 2.63. The average molecular weight is 265 g/mol. The summed E-state index contributed by atoms with van der Waals surface area (Å²) in [5.41, 5.74) is 2.99. The van der Waals surface area contributed by atoms with Crippen LogP contribution < -0.4 is 5.32 Å². The van der Waals surface area contributed by atoms with Crippen LogP contribution in [0, 0.1) is 19.7 Å². The standard InChI is InChI=1S/C17H28FN/c1-5-7-15(19-10-6-2)8-9-16-14(4)11-13(3)12-17(16)18/h11-12,15,19H,5-10H2,1-4H3. The van der Waals surface area contributed by atoms with Gasteiger partial charge in [0.05, 0.1) is 0 Å². The van der Waals surface area contributed by atoms with Crippen LogP contribution in [0.25, 0.3) is 0 Å². The number of benzene rings is 1. The normalized spacial score (nSPS) is 12.7. The Kier molecular flexibility index (Phi) is 7.07. The highest BCUT2D eigenvalue weighted by molar-refractivity contribution is 5.32. The van der Waals surface area contributed by atoms with Crippen molar-refractivity contribution in [2.75, 3.05) is 6.54 Å². The number of rotatable bonds is 8. The fraction of sp³-hybridized carbons (Fsp3) is 0.647. The summed E-state index contributed by atoms with van der Waals surface area (Å²) in [5, 5.41) is 3.57. The quantitative estimate of drug-likeness (QED) is 0.727. The lowest BCUT2D eigenvalue weighted by Gasteiger charge is -2.18. The molecule has 0 aliphatic carbocycles. The van der Waals surface area contributed by atoms with E-state index < -0.39 is 0 Å². The highest BCUT2D eigenvalue weighted by Gasteiger charge is 2.11. The monoisotopic (exact) mass is 265 g/mol.